The van der Waals surface area contributed by atoms with Gasteiger partial charge in [0, 0.05) is 31.9 Å². The lowest BCUT2D eigenvalue weighted by molar-refractivity contribution is 0.0796. The fourth-order valence-electron chi connectivity index (χ4n) is 4.05. The second kappa shape index (κ2) is 11.5. The van der Waals surface area contributed by atoms with Crippen molar-refractivity contribution in [2.24, 2.45) is 10.9 Å². The zero-order chi connectivity index (χ0) is 20.8. The van der Waals surface area contributed by atoms with Gasteiger partial charge in [0.05, 0.1) is 4.90 Å². The van der Waals surface area contributed by atoms with Crippen molar-refractivity contribution < 1.29 is 8.42 Å². The van der Waals surface area contributed by atoms with Crippen LogP contribution in [0.2, 0.25) is 0 Å². The molecular formula is C21H37IN4O2S. The van der Waals surface area contributed by atoms with Crippen LogP contribution in [0.25, 0.3) is 0 Å². The van der Waals surface area contributed by atoms with E-state index < -0.39 is 9.84 Å². The molecule has 1 aliphatic rings. The summed E-state index contributed by atoms with van der Waals surface area (Å²) in [7, 11) is 3.01. The maximum Gasteiger partial charge on any atom is 0.191 e. The first-order valence-corrected chi connectivity index (χ1v) is 12.0. The van der Waals surface area contributed by atoms with E-state index in [1.807, 2.05) is 12.1 Å². The van der Waals surface area contributed by atoms with Crippen LogP contribution in [0.1, 0.15) is 38.2 Å². The Bertz CT molecular complexity index is 765. The highest BCUT2D eigenvalue weighted by atomic mass is 127. The Balaban J connectivity index is 0.00000420. The Morgan fingerprint density at radius 2 is 1.90 bits per heavy atom. The summed E-state index contributed by atoms with van der Waals surface area (Å²) in [4.78, 5) is 7.08. The van der Waals surface area contributed by atoms with E-state index >= 15 is 0 Å². The molecule has 0 radical (unpaired) electrons. The van der Waals surface area contributed by atoms with Gasteiger partial charge < -0.3 is 15.5 Å². The van der Waals surface area contributed by atoms with Crippen LogP contribution in [0.15, 0.2) is 34.2 Å². The Hall–Kier alpha value is -0.870. The Labute approximate surface area is 193 Å². The van der Waals surface area contributed by atoms with Gasteiger partial charge in [0.2, 0.25) is 0 Å². The van der Waals surface area contributed by atoms with Crippen LogP contribution in [0.4, 0.5) is 0 Å². The van der Waals surface area contributed by atoms with E-state index in [-0.39, 0.29) is 29.5 Å². The van der Waals surface area contributed by atoms with Crippen LogP contribution in [0, 0.1) is 5.92 Å². The lowest BCUT2D eigenvalue weighted by Crippen LogP contribution is -2.56. The lowest BCUT2D eigenvalue weighted by atomic mass is 9.75. The summed E-state index contributed by atoms with van der Waals surface area (Å²) >= 11 is 0. The highest BCUT2D eigenvalue weighted by Crippen LogP contribution is 2.35. The first kappa shape index (κ1) is 26.2. The molecule has 1 fully saturated rings. The maximum absolute atomic E-state index is 11.5. The average Bonchev–Trinajstić information content (AvgIpc) is 2.64. The molecule has 1 aromatic rings. The summed E-state index contributed by atoms with van der Waals surface area (Å²) in [5, 5.41) is 6.89. The van der Waals surface area contributed by atoms with E-state index in [0.717, 1.165) is 37.0 Å². The largest absolute Gasteiger partial charge is 0.356 e. The molecule has 2 unspecified atom stereocenters. The number of nitrogens with one attached hydrogen (secondary N) is 2. The molecule has 0 amide bonds. The van der Waals surface area contributed by atoms with Gasteiger partial charge in [0.25, 0.3) is 0 Å². The Morgan fingerprint density at radius 1 is 1.24 bits per heavy atom. The number of rotatable bonds is 7. The molecule has 0 heterocycles. The van der Waals surface area contributed by atoms with Gasteiger partial charge in [-0.2, -0.15) is 0 Å². The predicted octanol–water partition coefficient (Wildman–Crippen LogP) is 2.93. The van der Waals surface area contributed by atoms with Gasteiger partial charge in [-0.15, -0.1) is 24.0 Å². The van der Waals surface area contributed by atoms with Gasteiger partial charge in [-0.25, -0.2) is 8.42 Å². The number of aliphatic imine (C=N–C) groups is 1. The number of benzene rings is 1. The van der Waals surface area contributed by atoms with Crippen molar-refractivity contribution in [3.05, 3.63) is 29.8 Å². The minimum absolute atomic E-state index is 0. The fourth-order valence-corrected chi connectivity index (χ4v) is 4.69. The maximum atomic E-state index is 11.5. The van der Waals surface area contributed by atoms with Crippen LogP contribution in [0.3, 0.4) is 0 Å². The summed E-state index contributed by atoms with van der Waals surface area (Å²) in [6.07, 6.45) is 7.04. The smallest absolute Gasteiger partial charge is 0.191 e. The highest BCUT2D eigenvalue weighted by Gasteiger charge is 2.36. The third-order valence-corrected chi connectivity index (χ3v) is 7.01. The van der Waals surface area contributed by atoms with Gasteiger partial charge >= 0.3 is 0 Å². The molecule has 8 heteroatoms. The van der Waals surface area contributed by atoms with E-state index in [1.165, 1.54) is 31.9 Å². The van der Waals surface area contributed by atoms with Crippen molar-refractivity contribution >= 4 is 39.8 Å². The number of guanidine groups is 1. The monoisotopic (exact) mass is 536 g/mol. The minimum atomic E-state index is -3.14. The summed E-state index contributed by atoms with van der Waals surface area (Å²) in [6.45, 7) is 3.97. The minimum Gasteiger partial charge on any atom is -0.356 e. The molecule has 0 aromatic heterocycles. The molecule has 6 nitrogen and oxygen atoms in total. The summed E-state index contributed by atoms with van der Waals surface area (Å²) in [6, 6.07) is 7.09. The Morgan fingerprint density at radius 3 is 2.41 bits per heavy atom. The van der Waals surface area contributed by atoms with Crippen molar-refractivity contribution in [2.45, 2.75) is 49.5 Å². The summed E-state index contributed by atoms with van der Waals surface area (Å²) in [5.41, 5.74) is 1.28. The number of nitrogens with zero attached hydrogens (tertiary/aromatic N) is 2. The van der Waals surface area contributed by atoms with Crippen molar-refractivity contribution in [1.29, 1.82) is 0 Å². The first-order chi connectivity index (χ1) is 13.2. The molecule has 1 aliphatic carbocycles. The molecule has 29 heavy (non-hydrogen) atoms. The van der Waals surface area contributed by atoms with E-state index in [4.69, 9.17) is 0 Å². The lowest BCUT2D eigenvalue weighted by Gasteiger charge is -2.45. The van der Waals surface area contributed by atoms with Gasteiger partial charge in [-0.05, 0) is 57.0 Å². The van der Waals surface area contributed by atoms with Crippen LogP contribution >= 0.6 is 24.0 Å². The third-order valence-electron chi connectivity index (χ3n) is 5.88. The molecule has 2 rings (SSSR count). The fraction of sp³-hybridized carbons (Fsp3) is 0.667. The van der Waals surface area contributed by atoms with E-state index in [9.17, 15) is 8.42 Å². The third kappa shape index (κ3) is 7.71. The number of halogens is 1. The van der Waals surface area contributed by atoms with Crippen molar-refractivity contribution in [2.75, 3.05) is 40.5 Å². The van der Waals surface area contributed by atoms with E-state index in [0.29, 0.717) is 4.90 Å². The van der Waals surface area contributed by atoms with Gasteiger partial charge in [0.15, 0.2) is 15.8 Å². The molecule has 1 saturated carbocycles. The average molecular weight is 537 g/mol. The van der Waals surface area contributed by atoms with Gasteiger partial charge in [-0.1, -0.05) is 31.9 Å². The van der Waals surface area contributed by atoms with Crippen molar-refractivity contribution in [3.63, 3.8) is 0 Å². The molecule has 0 saturated heterocycles. The quantitative estimate of drug-likeness (QED) is 0.319. The standard InChI is InChI=1S/C21H36N4O2S.HI/c1-17-7-6-13-21(15-17,25(3)4)16-24-20(22-2)23-14-12-18-8-10-19(11-9-18)28(5,26)27;/h8-11,17H,6-7,12-16H2,1-5H3,(H2,22,23,24);1H. The predicted molar refractivity (Wildman–Crippen MR) is 132 cm³/mol. The SMILES string of the molecule is CN=C(NCCc1ccc(S(C)(=O)=O)cc1)NCC1(N(C)C)CCCC(C)C1.I. The molecular weight excluding hydrogens is 499 g/mol. The van der Waals surface area contributed by atoms with Gasteiger partial charge in [-0.3, -0.25) is 4.99 Å². The molecule has 0 bridgehead atoms. The van der Waals surface area contributed by atoms with Crippen LogP contribution < -0.4 is 10.6 Å². The normalized spacial score (nSPS) is 22.8. The van der Waals surface area contributed by atoms with E-state index in [2.05, 4.69) is 41.5 Å². The topological polar surface area (TPSA) is 73.8 Å². The van der Waals surface area contributed by atoms with Crippen LogP contribution in [0.5, 0.6) is 0 Å². The van der Waals surface area contributed by atoms with Crippen molar-refractivity contribution in [1.82, 2.24) is 15.5 Å². The highest BCUT2D eigenvalue weighted by molar-refractivity contribution is 14.0. The second-order valence-electron chi connectivity index (χ2n) is 8.34. The second-order valence-corrected chi connectivity index (χ2v) is 10.4. The molecule has 0 aliphatic heterocycles. The van der Waals surface area contributed by atoms with Crippen molar-refractivity contribution in [3.8, 4) is 0 Å². The molecule has 166 valence electrons. The van der Waals surface area contributed by atoms with E-state index in [1.54, 1.807) is 19.2 Å². The molecule has 2 N–H and O–H groups in total. The van der Waals surface area contributed by atoms with Gasteiger partial charge in [0.1, 0.15) is 0 Å². The van der Waals surface area contributed by atoms with Crippen LogP contribution in [-0.2, 0) is 16.3 Å². The number of hydrogen-bond donors (Lipinski definition) is 2. The summed E-state index contributed by atoms with van der Waals surface area (Å²) < 4.78 is 23.1. The number of likely N-dealkylation sites (N-methyl/N-ethyl adjacent to an activating group) is 1. The molecule has 0 spiro atoms. The zero-order valence-electron chi connectivity index (χ0n) is 18.4. The molecule has 1 aromatic carbocycles. The Kier molecular flexibility index (Phi) is 10.4. The molecule has 2 atom stereocenters. The van der Waals surface area contributed by atoms with Crippen LogP contribution in [-0.4, -0.2) is 65.3 Å². The number of sulfone groups is 1. The summed E-state index contributed by atoms with van der Waals surface area (Å²) in [5.74, 6) is 1.56. The number of hydrogen-bond acceptors (Lipinski definition) is 4. The zero-order valence-corrected chi connectivity index (χ0v) is 21.5. The first-order valence-electron chi connectivity index (χ1n) is 10.1.